The van der Waals surface area contributed by atoms with Crippen LogP contribution in [0.4, 0.5) is 5.69 Å². The molecule has 1 N–H and O–H groups in total. The van der Waals surface area contributed by atoms with Gasteiger partial charge in [-0.1, -0.05) is 42.5 Å². The molecule has 0 aliphatic rings. The van der Waals surface area contributed by atoms with E-state index in [1.165, 1.54) is 18.2 Å². The van der Waals surface area contributed by atoms with Gasteiger partial charge < -0.3 is 14.8 Å². The summed E-state index contributed by atoms with van der Waals surface area (Å²) in [6.07, 6.45) is -0.785. The molecule has 3 rings (SSSR count). The maximum absolute atomic E-state index is 12.5. The van der Waals surface area contributed by atoms with Gasteiger partial charge >= 0.3 is 0 Å². The molecule has 0 aliphatic heterocycles. The molecular weight excluding hydrogens is 384 g/mol. The third-order valence-corrected chi connectivity index (χ3v) is 4.56. The summed E-state index contributed by atoms with van der Waals surface area (Å²) in [5, 5.41) is 14.1. The van der Waals surface area contributed by atoms with Crippen LogP contribution in [-0.4, -0.2) is 24.0 Å². The Morgan fingerprint density at radius 2 is 1.77 bits per heavy atom. The zero-order valence-electron chi connectivity index (χ0n) is 16.7. The summed E-state index contributed by atoms with van der Waals surface area (Å²) in [5.74, 6) is 0.770. The minimum absolute atomic E-state index is 0.0608. The Bertz CT molecular complexity index is 1020. The molecule has 0 bridgehead atoms. The molecule has 0 aliphatic carbocycles. The molecule has 7 nitrogen and oxygen atoms in total. The molecule has 3 aromatic rings. The van der Waals surface area contributed by atoms with Crippen molar-refractivity contribution in [3.05, 3.63) is 88.5 Å². The van der Waals surface area contributed by atoms with Gasteiger partial charge in [0.25, 0.3) is 11.6 Å². The first-order valence-electron chi connectivity index (χ1n) is 9.39. The fourth-order valence-electron chi connectivity index (χ4n) is 2.90. The number of nitrogens with one attached hydrogen (secondary N) is 1. The van der Waals surface area contributed by atoms with Crippen LogP contribution in [0, 0.1) is 10.1 Å². The summed E-state index contributed by atoms with van der Waals surface area (Å²) in [4.78, 5) is 23.2. The van der Waals surface area contributed by atoms with Crippen molar-refractivity contribution in [3.8, 4) is 22.6 Å². The molecule has 3 aromatic carbocycles. The molecule has 7 heteroatoms. The Kier molecular flexibility index (Phi) is 6.64. The number of non-ortho nitro benzene ring substituents is 1. The minimum atomic E-state index is -0.785. The van der Waals surface area contributed by atoms with Crippen molar-refractivity contribution in [1.82, 2.24) is 5.32 Å². The predicted octanol–water partition coefficient (Wildman–Crippen LogP) is 4.35. The second-order valence-electron chi connectivity index (χ2n) is 6.63. The molecule has 0 aromatic heterocycles. The molecular formula is C23H22N2O5. The normalized spacial score (nSPS) is 11.4. The van der Waals surface area contributed by atoms with Crippen molar-refractivity contribution in [3.63, 3.8) is 0 Å². The number of nitrogens with zero attached hydrogens (tertiary/aromatic N) is 1. The summed E-state index contributed by atoms with van der Waals surface area (Å²) in [6.45, 7) is 2.03. The molecule has 0 fully saturated rings. The van der Waals surface area contributed by atoms with Crippen LogP contribution in [0.1, 0.15) is 12.5 Å². The van der Waals surface area contributed by atoms with Gasteiger partial charge in [-0.25, -0.2) is 0 Å². The number of carbonyl (C=O) groups is 1. The van der Waals surface area contributed by atoms with E-state index < -0.39 is 11.0 Å². The van der Waals surface area contributed by atoms with Crippen molar-refractivity contribution < 1.29 is 19.2 Å². The quantitative estimate of drug-likeness (QED) is 0.443. The summed E-state index contributed by atoms with van der Waals surface area (Å²) in [7, 11) is 1.56. The zero-order chi connectivity index (χ0) is 21.5. The van der Waals surface area contributed by atoms with E-state index in [4.69, 9.17) is 9.47 Å². The van der Waals surface area contributed by atoms with Gasteiger partial charge in [0.2, 0.25) is 0 Å². The second kappa shape index (κ2) is 9.56. The molecule has 1 amide bonds. The van der Waals surface area contributed by atoms with E-state index in [9.17, 15) is 14.9 Å². The Balaban J connectivity index is 1.79. The van der Waals surface area contributed by atoms with Crippen LogP contribution in [0.5, 0.6) is 11.5 Å². The van der Waals surface area contributed by atoms with Crippen molar-refractivity contribution in [1.29, 1.82) is 0 Å². The summed E-state index contributed by atoms with van der Waals surface area (Å²) >= 11 is 0. The highest BCUT2D eigenvalue weighted by Gasteiger charge is 2.19. The SMILES string of the molecule is COc1ccc(-c2cc([N+](=O)[O-])ccc2O[C@@H](C)C(=O)NCc2ccccc2)cc1. The average Bonchev–Trinajstić information content (AvgIpc) is 2.78. The van der Waals surface area contributed by atoms with E-state index in [2.05, 4.69) is 5.32 Å². The predicted molar refractivity (Wildman–Crippen MR) is 113 cm³/mol. The molecule has 0 saturated heterocycles. The number of nitro groups is 1. The highest BCUT2D eigenvalue weighted by atomic mass is 16.6. The summed E-state index contributed by atoms with van der Waals surface area (Å²) in [5.41, 5.74) is 2.16. The number of benzene rings is 3. The molecule has 0 radical (unpaired) electrons. The molecule has 0 spiro atoms. The molecule has 1 atom stereocenters. The van der Waals surface area contributed by atoms with Gasteiger partial charge in [0.05, 0.1) is 12.0 Å². The highest BCUT2D eigenvalue weighted by molar-refractivity contribution is 5.81. The van der Waals surface area contributed by atoms with E-state index in [-0.39, 0.29) is 11.6 Å². The Morgan fingerprint density at radius 1 is 1.07 bits per heavy atom. The van der Waals surface area contributed by atoms with E-state index in [0.717, 1.165) is 5.56 Å². The number of ether oxygens (including phenoxy) is 2. The third-order valence-electron chi connectivity index (χ3n) is 4.56. The maximum atomic E-state index is 12.5. The first-order valence-corrected chi connectivity index (χ1v) is 9.39. The number of amides is 1. The molecule has 30 heavy (non-hydrogen) atoms. The fraction of sp³-hybridized carbons (Fsp3) is 0.174. The topological polar surface area (TPSA) is 90.7 Å². The summed E-state index contributed by atoms with van der Waals surface area (Å²) in [6, 6.07) is 20.9. The Morgan fingerprint density at radius 3 is 2.40 bits per heavy atom. The van der Waals surface area contributed by atoms with Gasteiger partial charge in [-0.2, -0.15) is 0 Å². The highest BCUT2D eigenvalue weighted by Crippen LogP contribution is 2.35. The largest absolute Gasteiger partial charge is 0.497 e. The first kappa shape index (κ1) is 20.9. The molecule has 0 unspecified atom stereocenters. The van der Waals surface area contributed by atoms with Gasteiger partial charge in [0.1, 0.15) is 11.5 Å². The first-order chi connectivity index (χ1) is 14.5. The van der Waals surface area contributed by atoms with E-state index in [0.29, 0.717) is 29.2 Å². The van der Waals surface area contributed by atoms with Crippen LogP contribution >= 0.6 is 0 Å². The van der Waals surface area contributed by atoms with E-state index in [1.807, 2.05) is 30.3 Å². The number of carbonyl (C=O) groups excluding carboxylic acids is 1. The van der Waals surface area contributed by atoms with Crippen LogP contribution in [0.3, 0.4) is 0 Å². The number of hydrogen-bond acceptors (Lipinski definition) is 5. The number of methoxy groups -OCH3 is 1. The van der Waals surface area contributed by atoms with Gasteiger partial charge in [0, 0.05) is 24.2 Å². The van der Waals surface area contributed by atoms with E-state index in [1.54, 1.807) is 38.3 Å². The number of rotatable bonds is 8. The Labute approximate surface area is 174 Å². The number of nitro benzene ring substituents is 1. The van der Waals surface area contributed by atoms with Gasteiger partial charge in [0.15, 0.2) is 6.10 Å². The van der Waals surface area contributed by atoms with Crippen molar-refractivity contribution in [2.75, 3.05) is 7.11 Å². The standard InChI is InChI=1S/C23H22N2O5/c1-16(23(26)24-15-17-6-4-3-5-7-17)30-22-13-10-19(25(27)28)14-21(22)18-8-11-20(29-2)12-9-18/h3-14,16H,15H2,1-2H3,(H,24,26)/t16-/m0/s1. The molecule has 0 heterocycles. The minimum Gasteiger partial charge on any atom is -0.497 e. The smallest absolute Gasteiger partial charge is 0.270 e. The molecule has 0 saturated carbocycles. The van der Waals surface area contributed by atoms with Gasteiger partial charge in [-0.05, 0) is 36.2 Å². The Hall–Kier alpha value is -3.87. The summed E-state index contributed by atoms with van der Waals surface area (Å²) < 4.78 is 11.0. The zero-order valence-corrected chi connectivity index (χ0v) is 16.7. The van der Waals surface area contributed by atoms with Crippen LogP contribution in [0.15, 0.2) is 72.8 Å². The van der Waals surface area contributed by atoms with Gasteiger partial charge in [-0.15, -0.1) is 0 Å². The van der Waals surface area contributed by atoms with Crippen LogP contribution in [-0.2, 0) is 11.3 Å². The van der Waals surface area contributed by atoms with E-state index >= 15 is 0 Å². The lowest BCUT2D eigenvalue weighted by Gasteiger charge is -2.17. The lowest BCUT2D eigenvalue weighted by molar-refractivity contribution is -0.384. The van der Waals surface area contributed by atoms with Crippen LogP contribution in [0.2, 0.25) is 0 Å². The molecule has 154 valence electrons. The fourth-order valence-corrected chi connectivity index (χ4v) is 2.90. The second-order valence-corrected chi connectivity index (χ2v) is 6.63. The van der Waals surface area contributed by atoms with Crippen LogP contribution in [0.25, 0.3) is 11.1 Å². The monoisotopic (exact) mass is 406 g/mol. The van der Waals surface area contributed by atoms with Crippen molar-refractivity contribution in [2.45, 2.75) is 19.6 Å². The van der Waals surface area contributed by atoms with Crippen molar-refractivity contribution in [2.24, 2.45) is 0 Å². The maximum Gasteiger partial charge on any atom is 0.270 e. The lowest BCUT2D eigenvalue weighted by atomic mass is 10.0. The third kappa shape index (κ3) is 5.14. The average molecular weight is 406 g/mol. The van der Waals surface area contributed by atoms with Gasteiger partial charge in [-0.3, -0.25) is 14.9 Å². The lowest BCUT2D eigenvalue weighted by Crippen LogP contribution is -2.36. The van der Waals surface area contributed by atoms with Crippen molar-refractivity contribution >= 4 is 11.6 Å². The van der Waals surface area contributed by atoms with Crippen LogP contribution < -0.4 is 14.8 Å². The number of hydrogen-bond donors (Lipinski definition) is 1.